The molecule has 0 aliphatic carbocycles. The van der Waals surface area contributed by atoms with Gasteiger partial charge >= 0.3 is 11.9 Å². The Labute approximate surface area is 120 Å². The van der Waals surface area contributed by atoms with Crippen LogP contribution in [0.5, 0.6) is 0 Å². The molecule has 0 saturated carbocycles. The minimum absolute atomic E-state index is 0.0547. The number of carboxylic acid groups (broad SMARTS) is 2. The van der Waals surface area contributed by atoms with Crippen LogP contribution in [0.4, 0.5) is 0 Å². The highest BCUT2D eigenvalue weighted by Gasteiger charge is 2.17. The van der Waals surface area contributed by atoms with E-state index in [-0.39, 0.29) is 23.3 Å². The zero-order valence-corrected chi connectivity index (χ0v) is 12.5. The number of aliphatic carboxylic acids is 2. The van der Waals surface area contributed by atoms with Crippen LogP contribution in [0.3, 0.4) is 0 Å². The van der Waals surface area contributed by atoms with E-state index in [0.29, 0.717) is 17.9 Å². The van der Waals surface area contributed by atoms with Crippen molar-refractivity contribution in [2.45, 2.75) is 29.8 Å². The first kappa shape index (κ1) is 17.3. The SMILES string of the molecule is O=C(O)CCSSC(CC(=O)O)CC(S)CS. The summed E-state index contributed by atoms with van der Waals surface area (Å²) in [6.45, 7) is 0. The molecule has 0 bridgehead atoms. The van der Waals surface area contributed by atoms with Crippen molar-refractivity contribution in [3.63, 3.8) is 0 Å². The number of thiol groups is 2. The van der Waals surface area contributed by atoms with Gasteiger partial charge in [0.1, 0.15) is 0 Å². The van der Waals surface area contributed by atoms with Crippen LogP contribution in [-0.2, 0) is 9.59 Å². The van der Waals surface area contributed by atoms with Crippen molar-refractivity contribution in [1.29, 1.82) is 0 Å². The maximum absolute atomic E-state index is 10.7. The molecule has 17 heavy (non-hydrogen) atoms. The summed E-state index contributed by atoms with van der Waals surface area (Å²) in [5, 5.41) is 17.2. The Morgan fingerprint density at radius 1 is 1.24 bits per heavy atom. The molecule has 4 nitrogen and oxygen atoms in total. The van der Waals surface area contributed by atoms with Gasteiger partial charge in [-0.3, -0.25) is 9.59 Å². The van der Waals surface area contributed by atoms with Crippen molar-refractivity contribution in [3.8, 4) is 0 Å². The number of hydrogen-bond acceptors (Lipinski definition) is 6. The van der Waals surface area contributed by atoms with E-state index in [1.54, 1.807) is 0 Å². The van der Waals surface area contributed by atoms with Gasteiger partial charge in [0.25, 0.3) is 0 Å². The summed E-state index contributed by atoms with van der Waals surface area (Å²) < 4.78 is 0. The summed E-state index contributed by atoms with van der Waals surface area (Å²) in [6.07, 6.45) is 0.813. The highest BCUT2D eigenvalue weighted by Crippen LogP contribution is 2.33. The topological polar surface area (TPSA) is 74.6 Å². The van der Waals surface area contributed by atoms with E-state index in [1.165, 1.54) is 21.6 Å². The molecule has 0 rings (SSSR count). The van der Waals surface area contributed by atoms with E-state index in [1.807, 2.05) is 0 Å². The van der Waals surface area contributed by atoms with Gasteiger partial charge in [-0.1, -0.05) is 21.6 Å². The Morgan fingerprint density at radius 2 is 1.88 bits per heavy atom. The van der Waals surface area contributed by atoms with E-state index in [4.69, 9.17) is 10.2 Å². The maximum Gasteiger partial charge on any atom is 0.304 e. The summed E-state index contributed by atoms with van der Waals surface area (Å²) in [4.78, 5) is 21.0. The van der Waals surface area contributed by atoms with E-state index in [2.05, 4.69) is 25.3 Å². The fourth-order valence-corrected chi connectivity index (χ4v) is 4.17. The molecule has 2 N–H and O–H groups in total. The summed E-state index contributed by atoms with van der Waals surface area (Å²) in [5.41, 5.74) is 0. The molecule has 100 valence electrons. The lowest BCUT2D eigenvalue weighted by Gasteiger charge is -2.16. The monoisotopic (exact) mass is 316 g/mol. The van der Waals surface area contributed by atoms with Crippen molar-refractivity contribution in [2.24, 2.45) is 0 Å². The van der Waals surface area contributed by atoms with Gasteiger partial charge in [-0.2, -0.15) is 25.3 Å². The van der Waals surface area contributed by atoms with Crippen molar-refractivity contribution in [2.75, 3.05) is 11.5 Å². The van der Waals surface area contributed by atoms with Crippen molar-refractivity contribution in [1.82, 2.24) is 0 Å². The average molecular weight is 316 g/mol. The molecule has 0 aromatic rings. The van der Waals surface area contributed by atoms with Gasteiger partial charge in [-0.15, -0.1) is 0 Å². The van der Waals surface area contributed by atoms with Gasteiger partial charge < -0.3 is 10.2 Å². The molecule has 0 radical (unpaired) electrons. The van der Waals surface area contributed by atoms with Crippen molar-refractivity contribution >= 4 is 58.8 Å². The molecule has 0 saturated heterocycles. The first-order valence-electron chi connectivity index (χ1n) is 4.96. The fraction of sp³-hybridized carbons (Fsp3) is 0.778. The number of hydrogen-bond donors (Lipinski definition) is 4. The van der Waals surface area contributed by atoms with E-state index >= 15 is 0 Å². The summed E-state index contributed by atoms with van der Waals surface area (Å²) in [5.74, 6) is -0.607. The van der Waals surface area contributed by atoms with Crippen LogP contribution < -0.4 is 0 Å². The minimum Gasteiger partial charge on any atom is -0.481 e. The predicted octanol–water partition coefficient (Wildman–Crippen LogP) is 2.30. The molecule has 8 heteroatoms. The lowest BCUT2D eigenvalue weighted by atomic mass is 10.2. The van der Waals surface area contributed by atoms with E-state index < -0.39 is 11.9 Å². The molecular weight excluding hydrogens is 300 g/mol. The first-order chi connectivity index (χ1) is 7.95. The quantitative estimate of drug-likeness (QED) is 0.281. The van der Waals surface area contributed by atoms with Crippen LogP contribution in [0.25, 0.3) is 0 Å². The minimum atomic E-state index is -0.846. The molecule has 0 amide bonds. The molecule has 0 spiro atoms. The zero-order chi connectivity index (χ0) is 13.3. The van der Waals surface area contributed by atoms with Crippen molar-refractivity contribution in [3.05, 3.63) is 0 Å². The third kappa shape index (κ3) is 11.2. The number of carboxylic acids is 2. The van der Waals surface area contributed by atoms with Gasteiger partial charge in [0, 0.05) is 22.0 Å². The Hall–Kier alpha value is 0.340. The Bertz CT molecular complexity index is 249. The third-order valence-electron chi connectivity index (χ3n) is 1.75. The second-order valence-electron chi connectivity index (χ2n) is 3.35. The highest BCUT2D eigenvalue weighted by atomic mass is 33.1. The molecule has 2 atom stereocenters. The fourth-order valence-electron chi connectivity index (χ4n) is 1.00. The van der Waals surface area contributed by atoms with Crippen LogP contribution >= 0.6 is 46.8 Å². The first-order valence-corrected chi connectivity index (χ1v) is 8.49. The zero-order valence-electron chi connectivity index (χ0n) is 9.11. The molecular formula is C9H16O4S4. The molecule has 0 heterocycles. The van der Waals surface area contributed by atoms with Gasteiger partial charge in [0.15, 0.2) is 0 Å². The van der Waals surface area contributed by atoms with Gasteiger partial charge in [0.2, 0.25) is 0 Å². The van der Waals surface area contributed by atoms with Gasteiger partial charge in [0.05, 0.1) is 12.8 Å². The summed E-state index contributed by atoms with van der Waals surface area (Å²) in [7, 11) is 2.82. The average Bonchev–Trinajstić information content (AvgIpc) is 2.22. The van der Waals surface area contributed by atoms with Crippen molar-refractivity contribution < 1.29 is 19.8 Å². The molecule has 0 aliphatic heterocycles. The Kier molecular flexibility index (Phi) is 10.5. The van der Waals surface area contributed by atoms with Crippen LogP contribution in [0, 0.1) is 0 Å². The molecule has 2 unspecified atom stereocenters. The molecule has 0 aromatic carbocycles. The van der Waals surface area contributed by atoms with Crippen LogP contribution in [0.2, 0.25) is 0 Å². The standard InChI is InChI=1S/C9H16O4S4/c10-8(11)1-2-16-17-7(4-9(12)13)3-6(15)5-14/h6-7,14-15H,1-5H2,(H,10,11)(H,12,13). The lowest BCUT2D eigenvalue weighted by Crippen LogP contribution is -2.15. The van der Waals surface area contributed by atoms with Crippen LogP contribution in [0.1, 0.15) is 19.3 Å². The largest absolute Gasteiger partial charge is 0.481 e. The molecule has 0 aromatic heterocycles. The Morgan fingerprint density at radius 3 is 2.35 bits per heavy atom. The normalized spacial score (nSPS) is 14.2. The third-order valence-corrected chi connectivity index (χ3v) is 5.74. The van der Waals surface area contributed by atoms with E-state index in [9.17, 15) is 9.59 Å². The molecule has 0 aliphatic rings. The number of carbonyl (C=O) groups is 2. The predicted molar refractivity (Wildman–Crippen MR) is 79.6 cm³/mol. The second-order valence-corrected chi connectivity index (χ2v) is 7.24. The van der Waals surface area contributed by atoms with Gasteiger partial charge in [-0.25, -0.2) is 0 Å². The Balaban J connectivity index is 3.92. The summed E-state index contributed by atoms with van der Waals surface area (Å²) in [6, 6.07) is 0. The number of rotatable bonds is 10. The second kappa shape index (κ2) is 10.3. The van der Waals surface area contributed by atoms with Gasteiger partial charge in [-0.05, 0) is 6.42 Å². The van der Waals surface area contributed by atoms with E-state index in [0.717, 1.165) is 0 Å². The van der Waals surface area contributed by atoms with Crippen LogP contribution in [0.15, 0.2) is 0 Å². The lowest BCUT2D eigenvalue weighted by molar-refractivity contribution is -0.137. The highest BCUT2D eigenvalue weighted by molar-refractivity contribution is 8.76. The summed E-state index contributed by atoms with van der Waals surface area (Å²) >= 11 is 8.38. The molecule has 0 fully saturated rings. The van der Waals surface area contributed by atoms with Crippen LogP contribution in [-0.4, -0.2) is 44.2 Å². The smallest absolute Gasteiger partial charge is 0.304 e. The maximum atomic E-state index is 10.7.